The van der Waals surface area contributed by atoms with Gasteiger partial charge in [-0.05, 0) is 30.7 Å². The Balaban J connectivity index is 2.19. The molecule has 0 aliphatic heterocycles. The average Bonchev–Trinajstić information content (AvgIpc) is 2.66. The first-order chi connectivity index (χ1) is 13.3. The number of unbranched alkanes of at least 4 members (excludes halogenated alkanes) is 1. The van der Waals surface area contributed by atoms with Crippen LogP contribution in [0.5, 0.6) is 5.75 Å². The quantitative estimate of drug-likeness (QED) is 0.292. The number of anilines is 1. The van der Waals surface area contributed by atoms with Crippen LogP contribution in [0.4, 0.5) is 11.4 Å². The van der Waals surface area contributed by atoms with Crippen LogP contribution < -0.4 is 5.32 Å². The monoisotopic (exact) mass is 384 g/mol. The number of amides is 1. The highest BCUT2D eigenvalue weighted by atomic mass is 16.6. The van der Waals surface area contributed by atoms with Gasteiger partial charge in [-0.3, -0.25) is 24.5 Å². The van der Waals surface area contributed by atoms with Crippen molar-refractivity contribution in [3.05, 3.63) is 63.7 Å². The molecule has 0 unspecified atom stereocenters. The number of carbonyl (C=O) groups is 3. The van der Waals surface area contributed by atoms with Crippen LogP contribution in [-0.4, -0.2) is 27.5 Å². The van der Waals surface area contributed by atoms with Crippen LogP contribution >= 0.6 is 0 Å². The Bertz CT molecular complexity index is 923. The molecule has 2 aromatic rings. The summed E-state index contributed by atoms with van der Waals surface area (Å²) in [6.07, 6.45) is 1.17. The predicted molar refractivity (Wildman–Crippen MR) is 103 cm³/mol. The van der Waals surface area contributed by atoms with Gasteiger partial charge in [-0.2, -0.15) is 0 Å². The lowest BCUT2D eigenvalue weighted by atomic mass is 10.00. The summed E-state index contributed by atoms with van der Waals surface area (Å²) in [7, 11) is 0. The second kappa shape index (κ2) is 9.40. The molecule has 2 N–H and O–H groups in total. The molecule has 0 aliphatic carbocycles. The van der Waals surface area contributed by atoms with E-state index in [0.717, 1.165) is 12.5 Å². The molecular weight excluding hydrogens is 364 g/mol. The van der Waals surface area contributed by atoms with Crippen molar-refractivity contribution < 1.29 is 24.4 Å². The first kappa shape index (κ1) is 20.8. The van der Waals surface area contributed by atoms with Gasteiger partial charge in [-0.25, -0.2) is 0 Å². The SMILES string of the molecule is CCCCC(=O)Nc1ccc(C(=O)CC(=O)c2ccccc2O)cc1[N+](=O)[O-]. The van der Waals surface area contributed by atoms with Gasteiger partial charge in [0.05, 0.1) is 16.9 Å². The molecule has 0 heterocycles. The van der Waals surface area contributed by atoms with Crippen LogP contribution in [0, 0.1) is 10.1 Å². The van der Waals surface area contributed by atoms with Gasteiger partial charge >= 0.3 is 0 Å². The number of benzene rings is 2. The van der Waals surface area contributed by atoms with Gasteiger partial charge in [0.1, 0.15) is 11.4 Å². The number of phenols is 1. The smallest absolute Gasteiger partial charge is 0.293 e. The van der Waals surface area contributed by atoms with Crippen molar-refractivity contribution in [1.82, 2.24) is 0 Å². The Morgan fingerprint density at radius 3 is 2.46 bits per heavy atom. The zero-order chi connectivity index (χ0) is 20.7. The number of phenolic OH excluding ortho intramolecular Hbond substituents is 1. The summed E-state index contributed by atoms with van der Waals surface area (Å²) < 4.78 is 0. The van der Waals surface area contributed by atoms with Gasteiger partial charge in [-0.1, -0.05) is 25.5 Å². The fraction of sp³-hybridized carbons (Fsp3) is 0.250. The minimum absolute atomic E-state index is 0.00478. The number of para-hydroxylation sites is 1. The molecule has 0 saturated carbocycles. The fourth-order valence-corrected chi connectivity index (χ4v) is 2.56. The Hall–Kier alpha value is -3.55. The zero-order valence-electron chi connectivity index (χ0n) is 15.3. The highest BCUT2D eigenvalue weighted by Gasteiger charge is 2.21. The summed E-state index contributed by atoms with van der Waals surface area (Å²) >= 11 is 0. The molecule has 0 spiro atoms. The normalized spacial score (nSPS) is 10.3. The lowest BCUT2D eigenvalue weighted by Crippen LogP contribution is -2.13. The number of hydrogen-bond acceptors (Lipinski definition) is 6. The third-order valence-electron chi connectivity index (χ3n) is 4.07. The topological polar surface area (TPSA) is 127 Å². The Kier molecular flexibility index (Phi) is 6.97. The average molecular weight is 384 g/mol. The number of Topliss-reactive ketones (excluding diaryl/α,β-unsaturated/α-hetero) is 2. The molecular formula is C20H20N2O6. The minimum Gasteiger partial charge on any atom is -0.507 e. The maximum atomic E-state index is 12.4. The maximum absolute atomic E-state index is 12.4. The van der Waals surface area contributed by atoms with Gasteiger partial charge in [0.2, 0.25) is 5.91 Å². The summed E-state index contributed by atoms with van der Waals surface area (Å²) in [4.78, 5) is 47.0. The van der Waals surface area contributed by atoms with E-state index in [0.29, 0.717) is 6.42 Å². The van der Waals surface area contributed by atoms with E-state index in [-0.39, 0.29) is 34.9 Å². The van der Waals surface area contributed by atoms with Crippen LogP contribution in [0.15, 0.2) is 42.5 Å². The highest BCUT2D eigenvalue weighted by molar-refractivity contribution is 6.14. The molecule has 0 radical (unpaired) electrons. The summed E-state index contributed by atoms with van der Waals surface area (Å²) in [6.45, 7) is 1.92. The van der Waals surface area contributed by atoms with Gasteiger partial charge in [0.15, 0.2) is 11.6 Å². The molecule has 8 heteroatoms. The van der Waals surface area contributed by atoms with Crippen molar-refractivity contribution in [3.8, 4) is 5.75 Å². The second-order valence-corrected chi connectivity index (χ2v) is 6.18. The van der Waals surface area contributed by atoms with E-state index in [9.17, 15) is 29.6 Å². The lowest BCUT2D eigenvalue weighted by Gasteiger charge is -2.08. The van der Waals surface area contributed by atoms with E-state index in [1.165, 1.54) is 24.3 Å². The first-order valence-corrected chi connectivity index (χ1v) is 8.76. The van der Waals surface area contributed by atoms with Gasteiger partial charge in [-0.15, -0.1) is 0 Å². The van der Waals surface area contributed by atoms with Crippen molar-refractivity contribution in [2.45, 2.75) is 32.6 Å². The molecule has 0 aliphatic rings. The van der Waals surface area contributed by atoms with E-state index >= 15 is 0 Å². The molecule has 0 bridgehead atoms. The molecule has 146 valence electrons. The number of nitro benzene ring substituents is 1. The van der Waals surface area contributed by atoms with E-state index < -0.39 is 28.6 Å². The molecule has 28 heavy (non-hydrogen) atoms. The van der Waals surface area contributed by atoms with Gasteiger partial charge in [0, 0.05) is 18.1 Å². The third-order valence-corrected chi connectivity index (χ3v) is 4.07. The van der Waals surface area contributed by atoms with Crippen LogP contribution in [-0.2, 0) is 4.79 Å². The van der Waals surface area contributed by atoms with Crippen molar-refractivity contribution in [2.24, 2.45) is 0 Å². The molecule has 2 rings (SSSR count). The van der Waals surface area contributed by atoms with E-state index in [1.54, 1.807) is 12.1 Å². The Morgan fingerprint density at radius 2 is 1.82 bits per heavy atom. The predicted octanol–water partition coefficient (Wildman–Crippen LogP) is 3.88. The van der Waals surface area contributed by atoms with Crippen LogP contribution in [0.1, 0.15) is 53.3 Å². The van der Waals surface area contributed by atoms with E-state index in [1.807, 2.05) is 6.92 Å². The van der Waals surface area contributed by atoms with Crippen LogP contribution in [0.25, 0.3) is 0 Å². The van der Waals surface area contributed by atoms with E-state index in [4.69, 9.17) is 0 Å². The summed E-state index contributed by atoms with van der Waals surface area (Å²) in [5, 5.41) is 23.5. The molecule has 0 saturated heterocycles. The molecule has 0 aromatic heterocycles. The largest absolute Gasteiger partial charge is 0.507 e. The minimum atomic E-state index is -0.697. The number of nitrogens with one attached hydrogen (secondary N) is 1. The lowest BCUT2D eigenvalue weighted by molar-refractivity contribution is -0.384. The highest BCUT2D eigenvalue weighted by Crippen LogP contribution is 2.27. The van der Waals surface area contributed by atoms with Crippen molar-refractivity contribution in [2.75, 3.05) is 5.32 Å². The standard InChI is InChI=1S/C20H20N2O6/c1-2-3-8-20(26)21-15-10-9-13(11-16(15)22(27)28)18(24)12-19(25)14-6-4-5-7-17(14)23/h4-7,9-11,23H,2-3,8,12H2,1H3,(H,21,26). The second-order valence-electron chi connectivity index (χ2n) is 6.18. The van der Waals surface area contributed by atoms with Crippen molar-refractivity contribution in [1.29, 1.82) is 0 Å². The number of nitro groups is 1. The first-order valence-electron chi connectivity index (χ1n) is 8.76. The molecule has 0 atom stereocenters. The number of hydrogen-bond donors (Lipinski definition) is 2. The fourth-order valence-electron chi connectivity index (χ4n) is 2.56. The third kappa shape index (κ3) is 5.23. The zero-order valence-corrected chi connectivity index (χ0v) is 15.3. The number of ketones is 2. The number of carbonyl (C=O) groups excluding carboxylic acids is 3. The van der Waals surface area contributed by atoms with Gasteiger partial charge in [0.25, 0.3) is 5.69 Å². The number of aromatic hydroxyl groups is 1. The number of nitrogens with zero attached hydrogens (tertiary/aromatic N) is 1. The van der Waals surface area contributed by atoms with Crippen LogP contribution in [0.3, 0.4) is 0 Å². The van der Waals surface area contributed by atoms with Crippen molar-refractivity contribution in [3.63, 3.8) is 0 Å². The van der Waals surface area contributed by atoms with Crippen molar-refractivity contribution >= 4 is 28.8 Å². The van der Waals surface area contributed by atoms with Crippen LogP contribution in [0.2, 0.25) is 0 Å². The summed E-state index contributed by atoms with van der Waals surface area (Å²) in [6, 6.07) is 9.46. The summed E-state index contributed by atoms with van der Waals surface area (Å²) in [5.74, 6) is -1.81. The number of rotatable bonds is 9. The Labute approximate surface area is 161 Å². The summed E-state index contributed by atoms with van der Waals surface area (Å²) in [5.41, 5.74) is -0.451. The maximum Gasteiger partial charge on any atom is 0.293 e. The molecule has 8 nitrogen and oxygen atoms in total. The Morgan fingerprint density at radius 1 is 1.11 bits per heavy atom. The molecule has 0 fully saturated rings. The van der Waals surface area contributed by atoms with E-state index in [2.05, 4.69) is 5.32 Å². The van der Waals surface area contributed by atoms with Gasteiger partial charge < -0.3 is 10.4 Å². The molecule has 2 aromatic carbocycles. The molecule has 1 amide bonds.